The summed E-state index contributed by atoms with van der Waals surface area (Å²) in [5.41, 5.74) is 5.73. The number of carbonyl (C=O) groups is 1. The SMILES string of the molecule is CCS(=O)(=O)c1c(SC)sc(C(=O)OC)c1N. The maximum atomic E-state index is 11.9. The first-order valence-electron chi connectivity index (χ1n) is 4.66. The van der Waals surface area contributed by atoms with Gasteiger partial charge in [-0.25, -0.2) is 13.2 Å². The van der Waals surface area contributed by atoms with Crippen LogP contribution >= 0.6 is 23.1 Å². The van der Waals surface area contributed by atoms with Gasteiger partial charge in [-0.2, -0.15) is 0 Å². The maximum Gasteiger partial charge on any atom is 0.350 e. The predicted molar refractivity (Wildman–Crippen MR) is 69.6 cm³/mol. The lowest BCUT2D eigenvalue weighted by Crippen LogP contribution is -2.08. The van der Waals surface area contributed by atoms with E-state index in [1.807, 2.05) is 0 Å². The molecular weight excluding hydrogens is 282 g/mol. The van der Waals surface area contributed by atoms with Crippen molar-refractivity contribution in [2.45, 2.75) is 16.0 Å². The average Bonchev–Trinajstić information content (AvgIpc) is 2.65. The number of nitrogens with two attached hydrogens (primary N) is 1. The fourth-order valence-electron chi connectivity index (χ4n) is 1.22. The normalized spacial score (nSPS) is 11.5. The van der Waals surface area contributed by atoms with E-state index in [0.717, 1.165) is 11.3 Å². The third-order valence-corrected chi connectivity index (χ3v) is 6.49. The van der Waals surface area contributed by atoms with E-state index in [2.05, 4.69) is 4.74 Å². The molecule has 0 aliphatic heterocycles. The highest BCUT2D eigenvalue weighted by atomic mass is 32.2. The summed E-state index contributed by atoms with van der Waals surface area (Å²) >= 11 is 2.30. The summed E-state index contributed by atoms with van der Waals surface area (Å²) in [5.74, 6) is -0.664. The second-order valence-corrected chi connectivity index (χ2v) is 7.37. The van der Waals surface area contributed by atoms with Crippen LogP contribution in [0.25, 0.3) is 0 Å². The molecule has 5 nitrogen and oxygen atoms in total. The molecule has 0 radical (unpaired) electrons. The molecule has 0 aliphatic rings. The van der Waals surface area contributed by atoms with Crippen LogP contribution in [0.5, 0.6) is 0 Å². The molecule has 1 heterocycles. The number of ether oxygens (including phenoxy) is 1. The van der Waals surface area contributed by atoms with Gasteiger partial charge in [-0.3, -0.25) is 0 Å². The molecule has 96 valence electrons. The topological polar surface area (TPSA) is 86.5 Å². The van der Waals surface area contributed by atoms with Crippen molar-refractivity contribution in [3.05, 3.63) is 4.88 Å². The number of rotatable bonds is 4. The van der Waals surface area contributed by atoms with Crippen molar-refractivity contribution < 1.29 is 17.9 Å². The van der Waals surface area contributed by atoms with Gasteiger partial charge >= 0.3 is 5.97 Å². The van der Waals surface area contributed by atoms with Gasteiger partial charge < -0.3 is 10.5 Å². The minimum Gasteiger partial charge on any atom is -0.465 e. The van der Waals surface area contributed by atoms with E-state index in [0.29, 0.717) is 4.21 Å². The first-order chi connectivity index (χ1) is 7.88. The molecule has 0 saturated heterocycles. The number of thioether (sulfide) groups is 1. The van der Waals surface area contributed by atoms with Crippen molar-refractivity contribution in [2.24, 2.45) is 0 Å². The molecule has 0 atom stereocenters. The third kappa shape index (κ3) is 2.58. The smallest absolute Gasteiger partial charge is 0.350 e. The van der Waals surface area contributed by atoms with Crippen molar-refractivity contribution in [3.8, 4) is 0 Å². The molecule has 1 aromatic heterocycles. The van der Waals surface area contributed by atoms with Gasteiger partial charge in [0, 0.05) is 0 Å². The Bertz CT molecular complexity index is 533. The Morgan fingerprint density at radius 1 is 1.53 bits per heavy atom. The Morgan fingerprint density at radius 3 is 2.53 bits per heavy atom. The van der Waals surface area contributed by atoms with Crippen molar-refractivity contribution in [2.75, 3.05) is 24.9 Å². The molecule has 0 fully saturated rings. The highest BCUT2D eigenvalue weighted by Gasteiger charge is 2.28. The zero-order valence-electron chi connectivity index (χ0n) is 9.64. The molecule has 0 bridgehead atoms. The molecule has 0 spiro atoms. The highest BCUT2D eigenvalue weighted by molar-refractivity contribution is 8.01. The van der Waals surface area contributed by atoms with Crippen LogP contribution in [0.3, 0.4) is 0 Å². The summed E-state index contributed by atoms with van der Waals surface area (Å²) in [7, 11) is -2.21. The molecule has 1 rings (SSSR count). The molecule has 1 aromatic rings. The van der Waals surface area contributed by atoms with Gasteiger partial charge in [-0.05, 0) is 6.26 Å². The molecule has 0 unspecified atom stereocenters. The second kappa shape index (κ2) is 5.28. The zero-order valence-corrected chi connectivity index (χ0v) is 12.1. The van der Waals surface area contributed by atoms with Gasteiger partial charge in [0.15, 0.2) is 9.84 Å². The summed E-state index contributed by atoms with van der Waals surface area (Å²) in [4.78, 5) is 11.6. The van der Waals surface area contributed by atoms with E-state index in [-0.39, 0.29) is 21.2 Å². The Balaban J connectivity index is 3.51. The summed E-state index contributed by atoms with van der Waals surface area (Å²) in [5, 5.41) is 0. The predicted octanol–water partition coefficient (Wildman–Crippen LogP) is 1.63. The molecule has 17 heavy (non-hydrogen) atoms. The lowest BCUT2D eigenvalue weighted by atomic mass is 10.4. The summed E-state index contributed by atoms with van der Waals surface area (Å²) in [6, 6.07) is 0. The molecule has 0 aliphatic carbocycles. The zero-order chi connectivity index (χ0) is 13.2. The number of hydrogen-bond donors (Lipinski definition) is 1. The van der Waals surface area contributed by atoms with Crippen LogP contribution < -0.4 is 5.73 Å². The molecule has 0 aromatic carbocycles. The molecule has 2 N–H and O–H groups in total. The first kappa shape index (κ1) is 14.3. The van der Waals surface area contributed by atoms with Gasteiger partial charge in [0.1, 0.15) is 9.77 Å². The average molecular weight is 295 g/mol. The number of hydrogen-bond acceptors (Lipinski definition) is 7. The molecular formula is C9H13NO4S3. The third-order valence-electron chi connectivity index (χ3n) is 2.12. The summed E-state index contributed by atoms with van der Waals surface area (Å²) in [6.07, 6.45) is 1.74. The number of esters is 1. The van der Waals surface area contributed by atoms with E-state index in [1.165, 1.54) is 25.8 Å². The number of sulfone groups is 1. The van der Waals surface area contributed by atoms with E-state index in [1.54, 1.807) is 6.26 Å². The van der Waals surface area contributed by atoms with Crippen molar-refractivity contribution in [3.63, 3.8) is 0 Å². The largest absolute Gasteiger partial charge is 0.465 e. The van der Waals surface area contributed by atoms with Crippen LogP contribution in [0, 0.1) is 0 Å². The van der Waals surface area contributed by atoms with E-state index >= 15 is 0 Å². The second-order valence-electron chi connectivity index (χ2n) is 3.06. The van der Waals surface area contributed by atoms with Gasteiger partial charge in [-0.1, -0.05) is 6.92 Å². The quantitative estimate of drug-likeness (QED) is 0.671. The lowest BCUT2D eigenvalue weighted by molar-refractivity contribution is 0.0607. The van der Waals surface area contributed by atoms with E-state index in [9.17, 15) is 13.2 Å². The fraction of sp³-hybridized carbons (Fsp3) is 0.444. The number of methoxy groups -OCH3 is 1. The van der Waals surface area contributed by atoms with Crippen LogP contribution in [-0.2, 0) is 14.6 Å². The summed E-state index contributed by atoms with van der Waals surface area (Å²) in [6.45, 7) is 1.54. The van der Waals surface area contributed by atoms with Crippen LogP contribution in [0.2, 0.25) is 0 Å². The van der Waals surface area contributed by atoms with Gasteiger partial charge in [0.25, 0.3) is 0 Å². The van der Waals surface area contributed by atoms with Gasteiger partial charge in [0.2, 0.25) is 0 Å². The van der Waals surface area contributed by atoms with Crippen molar-refractivity contribution in [1.29, 1.82) is 0 Å². The minimum atomic E-state index is -3.44. The number of thiophene rings is 1. The summed E-state index contributed by atoms with van der Waals surface area (Å²) < 4.78 is 28.9. The van der Waals surface area contributed by atoms with Crippen LogP contribution in [-0.4, -0.2) is 33.5 Å². The fourth-order valence-corrected chi connectivity index (χ4v) is 5.05. The Morgan fingerprint density at radius 2 is 2.12 bits per heavy atom. The maximum absolute atomic E-state index is 11.9. The van der Waals surface area contributed by atoms with Gasteiger partial charge in [0.05, 0.1) is 22.8 Å². The van der Waals surface area contributed by atoms with Crippen LogP contribution in [0.15, 0.2) is 9.10 Å². The van der Waals surface area contributed by atoms with Crippen molar-refractivity contribution >= 4 is 44.6 Å². The van der Waals surface area contributed by atoms with Gasteiger partial charge in [-0.15, -0.1) is 23.1 Å². The van der Waals surface area contributed by atoms with Crippen molar-refractivity contribution in [1.82, 2.24) is 0 Å². The highest BCUT2D eigenvalue weighted by Crippen LogP contribution is 2.40. The standard InChI is InChI=1S/C9H13NO4S3/c1-4-17(12,13)7-5(10)6(8(11)14-2)16-9(7)15-3/h4,10H2,1-3H3. The molecule has 0 amide bonds. The Kier molecular flexibility index (Phi) is 4.45. The Labute approximate surface area is 108 Å². The number of anilines is 1. The number of carbonyl (C=O) groups excluding carboxylic acids is 1. The lowest BCUT2D eigenvalue weighted by Gasteiger charge is -2.03. The first-order valence-corrected chi connectivity index (χ1v) is 8.35. The van der Waals surface area contributed by atoms with E-state index < -0.39 is 15.8 Å². The van der Waals surface area contributed by atoms with Crippen LogP contribution in [0.4, 0.5) is 5.69 Å². The van der Waals surface area contributed by atoms with E-state index in [4.69, 9.17) is 5.73 Å². The number of nitrogen functional groups attached to an aromatic ring is 1. The minimum absolute atomic E-state index is 0.00644. The van der Waals surface area contributed by atoms with Crippen LogP contribution in [0.1, 0.15) is 16.6 Å². The molecule has 8 heteroatoms. The Hall–Kier alpha value is -0.730. The monoisotopic (exact) mass is 295 g/mol. The molecule has 0 saturated carbocycles.